The summed E-state index contributed by atoms with van der Waals surface area (Å²) in [5.74, 6) is -3.02. The number of benzene rings is 1. The number of hydrogen-bond acceptors (Lipinski definition) is 1. The lowest BCUT2D eigenvalue weighted by molar-refractivity contribution is 0.457. The normalized spacial score (nSPS) is 12.1. The van der Waals surface area contributed by atoms with Crippen molar-refractivity contribution in [1.82, 2.24) is 0 Å². The van der Waals surface area contributed by atoms with Crippen molar-refractivity contribution >= 4 is 12.4 Å². The van der Waals surface area contributed by atoms with Crippen LogP contribution < -0.4 is 5.73 Å². The van der Waals surface area contributed by atoms with Crippen molar-refractivity contribution in [2.75, 3.05) is 0 Å². The summed E-state index contributed by atoms with van der Waals surface area (Å²) in [6.07, 6.45) is 1.12. The number of nitrogens with two attached hydrogens (primary N) is 1. The van der Waals surface area contributed by atoms with E-state index in [-0.39, 0.29) is 18.0 Å². The Labute approximate surface area is 92.9 Å². The van der Waals surface area contributed by atoms with Gasteiger partial charge in [-0.2, -0.15) is 0 Å². The molecule has 0 bridgehead atoms. The second-order valence-electron chi connectivity index (χ2n) is 3.15. The molecule has 0 saturated heterocycles. The Hall–Kier alpha value is -0.740. The Morgan fingerprint density at radius 3 is 2.27 bits per heavy atom. The first kappa shape index (κ1) is 14.3. The fourth-order valence-corrected chi connectivity index (χ4v) is 1.34. The Morgan fingerprint density at radius 2 is 1.73 bits per heavy atom. The van der Waals surface area contributed by atoms with Crippen LogP contribution in [0.3, 0.4) is 0 Å². The van der Waals surface area contributed by atoms with Gasteiger partial charge in [0, 0.05) is 11.6 Å². The summed E-state index contributed by atoms with van der Waals surface area (Å²) < 4.78 is 39.0. The highest BCUT2D eigenvalue weighted by Gasteiger charge is 2.18. The standard InChI is InChI=1S/C10H12F3N.ClH/c1-2-3-8(14)9-6(11)4-5-7(12)10(9)13;/h4-5,8H,2-3,14H2,1H3;1H/t8-;/m0./s1. The van der Waals surface area contributed by atoms with Crippen LogP contribution >= 0.6 is 12.4 Å². The minimum absolute atomic E-state index is 0. The lowest BCUT2D eigenvalue weighted by Crippen LogP contribution is -2.14. The van der Waals surface area contributed by atoms with Crippen molar-refractivity contribution in [3.8, 4) is 0 Å². The zero-order chi connectivity index (χ0) is 10.7. The van der Waals surface area contributed by atoms with E-state index >= 15 is 0 Å². The van der Waals surface area contributed by atoms with Crippen LogP contribution in [0.15, 0.2) is 12.1 Å². The van der Waals surface area contributed by atoms with Gasteiger partial charge in [-0.3, -0.25) is 0 Å². The molecule has 0 saturated carbocycles. The molecule has 0 aliphatic carbocycles. The van der Waals surface area contributed by atoms with Gasteiger partial charge in [0.1, 0.15) is 5.82 Å². The highest BCUT2D eigenvalue weighted by Crippen LogP contribution is 2.24. The van der Waals surface area contributed by atoms with Crippen LogP contribution in [-0.4, -0.2) is 0 Å². The third-order valence-electron chi connectivity index (χ3n) is 2.05. The van der Waals surface area contributed by atoms with Gasteiger partial charge in [0.15, 0.2) is 11.6 Å². The molecule has 15 heavy (non-hydrogen) atoms. The molecular weight excluding hydrogens is 227 g/mol. The van der Waals surface area contributed by atoms with Gasteiger partial charge in [-0.1, -0.05) is 13.3 Å². The topological polar surface area (TPSA) is 26.0 Å². The van der Waals surface area contributed by atoms with E-state index in [4.69, 9.17) is 5.73 Å². The maximum absolute atomic E-state index is 13.1. The quantitative estimate of drug-likeness (QED) is 0.805. The zero-order valence-electron chi connectivity index (χ0n) is 8.27. The summed E-state index contributed by atoms with van der Waals surface area (Å²) in [4.78, 5) is 0. The van der Waals surface area contributed by atoms with E-state index in [1.54, 1.807) is 0 Å². The van der Waals surface area contributed by atoms with Crippen molar-refractivity contribution in [2.45, 2.75) is 25.8 Å². The summed E-state index contributed by atoms with van der Waals surface area (Å²) >= 11 is 0. The largest absolute Gasteiger partial charge is 0.324 e. The van der Waals surface area contributed by atoms with Crippen molar-refractivity contribution in [3.63, 3.8) is 0 Å². The van der Waals surface area contributed by atoms with Crippen LogP contribution in [-0.2, 0) is 0 Å². The SMILES string of the molecule is CCC[C@H](N)c1c(F)ccc(F)c1F.Cl. The van der Waals surface area contributed by atoms with E-state index < -0.39 is 23.5 Å². The van der Waals surface area contributed by atoms with Crippen LogP contribution in [0.1, 0.15) is 31.4 Å². The number of rotatable bonds is 3. The highest BCUT2D eigenvalue weighted by atomic mass is 35.5. The van der Waals surface area contributed by atoms with E-state index in [2.05, 4.69) is 0 Å². The van der Waals surface area contributed by atoms with Crippen LogP contribution in [0.4, 0.5) is 13.2 Å². The fraction of sp³-hybridized carbons (Fsp3) is 0.400. The van der Waals surface area contributed by atoms with E-state index in [9.17, 15) is 13.2 Å². The van der Waals surface area contributed by atoms with Gasteiger partial charge < -0.3 is 5.73 Å². The summed E-state index contributed by atoms with van der Waals surface area (Å²) in [6, 6.07) is 0.867. The second kappa shape index (κ2) is 5.98. The predicted molar refractivity (Wildman–Crippen MR) is 55.4 cm³/mol. The van der Waals surface area contributed by atoms with Gasteiger partial charge >= 0.3 is 0 Å². The number of halogens is 4. The minimum Gasteiger partial charge on any atom is -0.324 e. The summed E-state index contributed by atoms with van der Waals surface area (Å²) in [6.45, 7) is 1.84. The molecule has 5 heteroatoms. The third kappa shape index (κ3) is 3.11. The van der Waals surface area contributed by atoms with Crippen molar-refractivity contribution in [3.05, 3.63) is 35.1 Å². The maximum atomic E-state index is 13.1. The maximum Gasteiger partial charge on any atom is 0.166 e. The molecule has 1 rings (SSSR count). The monoisotopic (exact) mass is 239 g/mol. The molecule has 86 valence electrons. The number of hydrogen-bond donors (Lipinski definition) is 1. The lowest BCUT2D eigenvalue weighted by atomic mass is 10.0. The van der Waals surface area contributed by atoms with Crippen molar-refractivity contribution < 1.29 is 13.2 Å². The second-order valence-corrected chi connectivity index (χ2v) is 3.15. The first-order valence-corrected chi connectivity index (χ1v) is 4.46. The van der Waals surface area contributed by atoms with Gasteiger partial charge in [-0.25, -0.2) is 13.2 Å². The smallest absolute Gasteiger partial charge is 0.166 e. The molecule has 2 N–H and O–H groups in total. The molecule has 0 aromatic heterocycles. The van der Waals surface area contributed by atoms with Crippen LogP contribution in [0.2, 0.25) is 0 Å². The average molecular weight is 240 g/mol. The van der Waals surface area contributed by atoms with E-state index in [0.717, 1.165) is 12.1 Å². The van der Waals surface area contributed by atoms with Gasteiger partial charge in [-0.15, -0.1) is 12.4 Å². The molecule has 0 amide bonds. The van der Waals surface area contributed by atoms with Gasteiger partial charge in [0.2, 0.25) is 0 Å². The molecule has 0 fully saturated rings. The Balaban J connectivity index is 0.00000196. The lowest BCUT2D eigenvalue weighted by Gasteiger charge is -2.12. The van der Waals surface area contributed by atoms with E-state index in [1.807, 2.05) is 6.92 Å². The Morgan fingerprint density at radius 1 is 1.20 bits per heavy atom. The average Bonchev–Trinajstić information content (AvgIpc) is 2.13. The summed E-state index contributed by atoms with van der Waals surface area (Å²) in [7, 11) is 0. The summed E-state index contributed by atoms with van der Waals surface area (Å²) in [5.41, 5.74) is 5.17. The third-order valence-corrected chi connectivity index (χ3v) is 2.05. The molecule has 0 aliphatic heterocycles. The van der Waals surface area contributed by atoms with Crippen LogP contribution in [0.5, 0.6) is 0 Å². The van der Waals surface area contributed by atoms with E-state index in [1.165, 1.54) is 0 Å². The van der Waals surface area contributed by atoms with Crippen molar-refractivity contribution in [1.29, 1.82) is 0 Å². The highest BCUT2D eigenvalue weighted by molar-refractivity contribution is 5.85. The predicted octanol–water partition coefficient (Wildman–Crippen LogP) is 3.33. The Kier molecular flexibility index (Phi) is 5.68. The molecule has 0 radical (unpaired) electrons. The van der Waals surface area contributed by atoms with Gasteiger partial charge in [-0.05, 0) is 18.6 Å². The molecule has 1 atom stereocenters. The first-order chi connectivity index (χ1) is 6.57. The molecule has 0 aliphatic rings. The van der Waals surface area contributed by atoms with E-state index in [0.29, 0.717) is 12.8 Å². The molecular formula is C10H13ClF3N. The molecule has 1 nitrogen and oxygen atoms in total. The first-order valence-electron chi connectivity index (χ1n) is 4.46. The van der Waals surface area contributed by atoms with Gasteiger partial charge in [0.25, 0.3) is 0 Å². The molecule has 1 aromatic carbocycles. The van der Waals surface area contributed by atoms with Crippen LogP contribution in [0.25, 0.3) is 0 Å². The van der Waals surface area contributed by atoms with Crippen molar-refractivity contribution in [2.24, 2.45) is 5.73 Å². The Bertz CT molecular complexity index is 331. The molecule has 0 spiro atoms. The molecule has 0 unspecified atom stereocenters. The summed E-state index contributed by atoms with van der Waals surface area (Å²) in [5, 5.41) is 0. The zero-order valence-corrected chi connectivity index (χ0v) is 9.08. The van der Waals surface area contributed by atoms with Crippen LogP contribution in [0, 0.1) is 17.5 Å². The van der Waals surface area contributed by atoms with Gasteiger partial charge in [0.05, 0.1) is 0 Å². The molecule has 0 heterocycles. The fourth-order valence-electron chi connectivity index (χ4n) is 1.34. The molecule has 1 aromatic rings. The minimum atomic E-state index is -1.18.